The number of hydrogen-bond donors (Lipinski definition) is 1. The van der Waals surface area contributed by atoms with Crippen molar-refractivity contribution in [3.05, 3.63) is 76.8 Å². The Morgan fingerprint density at radius 2 is 1.90 bits per heavy atom. The molecule has 0 bridgehead atoms. The molecule has 1 aromatic carbocycles. The highest BCUT2D eigenvalue weighted by atomic mass is 19.3. The quantitative estimate of drug-likeness (QED) is 0.376. The van der Waals surface area contributed by atoms with Gasteiger partial charge in [0.1, 0.15) is 12.4 Å². The minimum atomic E-state index is -2.91. The van der Waals surface area contributed by atoms with Gasteiger partial charge in [0.25, 0.3) is 12.0 Å². The zero-order valence-electron chi connectivity index (χ0n) is 21.5. The van der Waals surface area contributed by atoms with Crippen LogP contribution in [-0.4, -0.2) is 70.0 Å². The number of nitrogens with zero attached hydrogens (tertiary/aromatic N) is 7. The third-order valence-electron chi connectivity index (χ3n) is 7.83. The second-order valence-electron chi connectivity index (χ2n) is 10.5. The topological polar surface area (TPSA) is 111 Å². The zero-order valence-corrected chi connectivity index (χ0v) is 21.5. The van der Waals surface area contributed by atoms with Crippen LogP contribution in [0.25, 0.3) is 16.9 Å². The molecule has 0 unspecified atom stereocenters. The van der Waals surface area contributed by atoms with Crippen molar-refractivity contribution >= 4 is 11.6 Å². The second-order valence-corrected chi connectivity index (χ2v) is 10.5. The lowest BCUT2D eigenvalue weighted by Crippen LogP contribution is -2.50. The summed E-state index contributed by atoms with van der Waals surface area (Å²) in [5, 5.41) is 19.0. The van der Waals surface area contributed by atoms with Crippen LogP contribution in [0.5, 0.6) is 0 Å². The predicted octanol–water partition coefficient (Wildman–Crippen LogP) is 2.45. The minimum absolute atomic E-state index is 0.0551. The smallest absolute Gasteiger partial charge is 0.296 e. The molecule has 3 aromatic heterocycles. The number of piperidine rings is 1. The van der Waals surface area contributed by atoms with Crippen molar-refractivity contribution < 1.29 is 23.1 Å². The van der Waals surface area contributed by atoms with Crippen LogP contribution in [0.15, 0.2) is 47.8 Å². The molecule has 1 aliphatic carbocycles. The fraction of sp³-hybridized carbons (Fsp3) is 0.407. The van der Waals surface area contributed by atoms with E-state index in [1.807, 2.05) is 6.07 Å². The van der Waals surface area contributed by atoms with Gasteiger partial charge in [-0.1, -0.05) is 12.1 Å². The molecule has 1 radical (unpaired) electrons. The maximum absolute atomic E-state index is 13.5. The molecule has 1 aliphatic heterocycles. The van der Waals surface area contributed by atoms with Gasteiger partial charge >= 0.3 is 0 Å². The van der Waals surface area contributed by atoms with Crippen LogP contribution >= 0.6 is 0 Å². The summed E-state index contributed by atoms with van der Waals surface area (Å²) in [6.45, 7) is 0.180. The molecule has 0 spiro atoms. The van der Waals surface area contributed by atoms with E-state index in [0.717, 1.165) is 35.4 Å². The van der Waals surface area contributed by atoms with Crippen molar-refractivity contribution in [2.24, 2.45) is 0 Å². The average Bonchev–Trinajstić information content (AvgIpc) is 3.68. The van der Waals surface area contributed by atoms with E-state index < -0.39 is 41.9 Å². The van der Waals surface area contributed by atoms with Gasteiger partial charge in [-0.25, -0.2) is 18.3 Å². The van der Waals surface area contributed by atoms with Crippen molar-refractivity contribution in [1.82, 2.24) is 33.8 Å². The highest BCUT2D eigenvalue weighted by Crippen LogP contribution is 2.29. The molecular formula is C27H27F3N7O3. The van der Waals surface area contributed by atoms with E-state index in [1.165, 1.54) is 31.4 Å². The number of fused-ring (bicyclic) bond motifs is 2. The first-order chi connectivity index (χ1) is 19.2. The molecule has 209 valence electrons. The summed E-state index contributed by atoms with van der Waals surface area (Å²) in [6, 6.07) is 5.51. The van der Waals surface area contributed by atoms with Crippen molar-refractivity contribution in [3.63, 3.8) is 0 Å². The van der Waals surface area contributed by atoms with Gasteiger partial charge in [0, 0.05) is 30.9 Å². The molecule has 1 fully saturated rings. The minimum Gasteiger partial charge on any atom is -0.388 e. The SMILES string of the molecule is O=C(C[C@@H](C(F)F)n1ccc(F)n1)N1CCC(O)(Cn2cnn3c(-c4ccc5c(c4)C[CH]C5)cnc3c2=O)CC1. The third kappa shape index (κ3) is 4.89. The highest BCUT2D eigenvalue weighted by Gasteiger charge is 2.36. The number of aromatic nitrogens is 6. The number of imidazole rings is 1. The number of hydrogen-bond acceptors (Lipinski definition) is 6. The number of aliphatic hydroxyl groups is 1. The van der Waals surface area contributed by atoms with Gasteiger partial charge in [0.2, 0.25) is 17.5 Å². The van der Waals surface area contributed by atoms with Gasteiger partial charge in [0.15, 0.2) is 0 Å². The summed E-state index contributed by atoms with van der Waals surface area (Å²) in [5.74, 6) is -1.45. The summed E-state index contributed by atoms with van der Waals surface area (Å²) in [4.78, 5) is 31.7. The Bertz CT molecular complexity index is 1620. The third-order valence-corrected chi connectivity index (χ3v) is 7.83. The molecule has 1 N–H and O–H groups in total. The lowest BCUT2D eigenvalue weighted by molar-refractivity contribution is -0.138. The van der Waals surface area contributed by atoms with Crippen LogP contribution in [0.3, 0.4) is 0 Å². The Morgan fingerprint density at radius 1 is 1.12 bits per heavy atom. The van der Waals surface area contributed by atoms with Crippen molar-refractivity contribution in [2.45, 2.75) is 56.7 Å². The van der Waals surface area contributed by atoms with Gasteiger partial charge in [-0.2, -0.15) is 9.49 Å². The van der Waals surface area contributed by atoms with Crippen LogP contribution in [0.4, 0.5) is 13.2 Å². The monoisotopic (exact) mass is 554 g/mol. The van der Waals surface area contributed by atoms with Gasteiger partial charge in [0.05, 0.1) is 30.5 Å². The fourth-order valence-electron chi connectivity index (χ4n) is 5.52. The average molecular weight is 555 g/mol. The first-order valence-electron chi connectivity index (χ1n) is 13.1. The lowest BCUT2D eigenvalue weighted by atomic mass is 9.91. The van der Waals surface area contributed by atoms with E-state index >= 15 is 0 Å². The molecule has 4 heterocycles. The number of amides is 1. The lowest BCUT2D eigenvalue weighted by Gasteiger charge is -2.38. The van der Waals surface area contributed by atoms with E-state index in [0.29, 0.717) is 5.69 Å². The van der Waals surface area contributed by atoms with Crippen LogP contribution in [0, 0.1) is 12.4 Å². The summed E-state index contributed by atoms with van der Waals surface area (Å²) >= 11 is 0. The van der Waals surface area contributed by atoms with Gasteiger partial charge in [-0.05, 0) is 49.3 Å². The van der Waals surface area contributed by atoms with Crippen molar-refractivity contribution in [1.29, 1.82) is 0 Å². The maximum atomic E-state index is 13.5. The van der Waals surface area contributed by atoms with Crippen molar-refractivity contribution in [2.75, 3.05) is 13.1 Å². The number of benzene rings is 1. The molecule has 6 rings (SSSR count). The largest absolute Gasteiger partial charge is 0.388 e. The standard InChI is InChI=1S/C27H27F3N7O3/c28-22-6-9-36(33-22)20(24(29)30)13-23(38)34-10-7-27(40,8-11-34)15-35-16-32-37-21(14-31-25(37)26(35)39)19-5-4-17-2-1-3-18(17)12-19/h1,4-6,9,12,14,16,20,24,40H,2-3,7-8,10-11,13,15H2/t20-/m0/s1. The maximum Gasteiger partial charge on any atom is 0.296 e. The van der Waals surface area contributed by atoms with Gasteiger partial charge < -0.3 is 10.0 Å². The second kappa shape index (κ2) is 10.2. The van der Waals surface area contributed by atoms with Crippen LogP contribution < -0.4 is 5.56 Å². The summed E-state index contributed by atoms with van der Waals surface area (Å²) in [7, 11) is 0. The first kappa shape index (κ1) is 26.2. The van der Waals surface area contributed by atoms with Crippen LogP contribution in [0.1, 0.15) is 36.4 Å². The molecular weight excluding hydrogens is 527 g/mol. The summed E-state index contributed by atoms with van der Waals surface area (Å²) in [5.41, 5.74) is 2.56. The number of carbonyl (C=O) groups is 1. The Morgan fingerprint density at radius 3 is 2.62 bits per heavy atom. The van der Waals surface area contributed by atoms with Gasteiger partial charge in [-0.3, -0.25) is 18.8 Å². The predicted molar refractivity (Wildman–Crippen MR) is 137 cm³/mol. The molecule has 1 saturated heterocycles. The fourth-order valence-corrected chi connectivity index (χ4v) is 5.52. The molecule has 10 nitrogen and oxygen atoms in total. The van der Waals surface area contributed by atoms with Crippen LogP contribution in [-0.2, 0) is 24.2 Å². The number of halogens is 3. The normalized spacial score (nSPS) is 17.5. The molecule has 4 aromatic rings. The molecule has 40 heavy (non-hydrogen) atoms. The molecule has 1 amide bonds. The molecule has 2 aliphatic rings. The Hall–Kier alpha value is -4.00. The Labute approximate surface area is 226 Å². The van der Waals surface area contributed by atoms with E-state index in [4.69, 9.17) is 0 Å². The van der Waals surface area contributed by atoms with E-state index in [1.54, 1.807) is 6.20 Å². The van der Waals surface area contributed by atoms with E-state index in [-0.39, 0.29) is 38.1 Å². The van der Waals surface area contributed by atoms with Gasteiger partial charge in [-0.15, -0.1) is 5.10 Å². The first-order valence-corrected chi connectivity index (χ1v) is 13.1. The zero-order chi connectivity index (χ0) is 28.0. The molecule has 13 heteroatoms. The number of likely N-dealkylation sites (tertiary alicyclic amines) is 1. The number of alkyl halides is 2. The van der Waals surface area contributed by atoms with Crippen molar-refractivity contribution in [3.8, 4) is 11.3 Å². The van der Waals surface area contributed by atoms with E-state index in [2.05, 4.69) is 33.7 Å². The number of carbonyl (C=O) groups excluding carboxylic acids is 1. The van der Waals surface area contributed by atoms with E-state index in [9.17, 15) is 27.9 Å². The highest BCUT2D eigenvalue weighted by molar-refractivity contribution is 5.76. The Balaban J connectivity index is 1.13. The summed E-state index contributed by atoms with van der Waals surface area (Å²) < 4.78 is 43.9. The molecule has 0 saturated carbocycles. The number of rotatable bonds is 7. The summed E-state index contributed by atoms with van der Waals surface area (Å²) in [6.07, 6.45) is 4.92. The molecule has 1 atom stereocenters. The Kier molecular flexibility index (Phi) is 6.69. The van der Waals surface area contributed by atoms with Crippen LogP contribution in [0.2, 0.25) is 0 Å².